The maximum absolute atomic E-state index is 3.59. The molecule has 0 spiro atoms. The summed E-state index contributed by atoms with van der Waals surface area (Å²) in [6, 6.07) is 9.14. The first kappa shape index (κ1) is 13.8. The minimum absolute atomic E-state index is 0.307. The van der Waals surface area contributed by atoms with Gasteiger partial charge in [-0.25, -0.2) is 0 Å². The van der Waals surface area contributed by atoms with Crippen molar-refractivity contribution in [1.82, 2.24) is 0 Å². The fourth-order valence-corrected chi connectivity index (χ4v) is 1.92. The summed E-state index contributed by atoms with van der Waals surface area (Å²) < 4.78 is 0. The molecule has 0 heterocycles. The molecule has 0 saturated heterocycles. The quantitative estimate of drug-likeness (QED) is 0.660. The highest BCUT2D eigenvalue weighted by atomic mass is 79.9. The van der Waals surface area contributed by atoms with E-state index >= 15 is 0 Å². The molecule has 0 fully saturated rings. The van der Waals surface area contributed by atoms with E-state index in [4.69, 9.17) is 0 Å². The first-order chi connectivity index (χ1) is 7.45. The molecule has 0 radical (unpaired) electrons. The Morgan fingerprint density at radius 2 is 1.75 bits per heavy atom. The van der Waals surface area contributed by atoms with Crippen molar-refractivity contribution in [2.75, 3.05) is 0 Å². The molecule has 1 heteroatoms. The Morgan fingerprint density at radius 3 is 2.19 bits per heavy atom. The van der Waals surface area contributed by atoms with E-state index in [0.717, 1.165) is 0 Å². The molecule has 1 aromatic rings. The Morgan fingerprint density at radius 1 is 1.19 bits per heavy atom. The van der Waals surface area contributed by atoms with Crippen LogP contribution in [0.15, 0.2) is 24.3 Å². The lowest BCUT2D eigenvalue weighted by Crippen LogP contribution is -2.15. The van der Waals surface area contributed by atoms with Crippen molar-refractivity contribution in [2.45, 2.75) is 57.2 Å². The molecule has 1 unspecified atom stereocenters. The number of hydrogen-bond donors (Lipinski definition) is 0. The molecule has 90 valence electrons. The second-order valence-electron chi connectivity index (χ2n) is 5.25. The SMILES string of the molecule is CCC(C)(C)c1ccc(CCC(C)Br)cc1. The molecule has 0 aliphatic heterocycles. The molecule has 0 saturated carbocycles. The summed E-state index contributed by atoms with van der Waals surface area (Å²) in [5.74, 6) is 0. The minimum Gasteiger partial charge on any atom is -0.0894 e. The predicted molar refractivity (Wildman–Crippen MR) is 76.5 cm³/mol. The zero-order chi connectivity index (χ0) is 12.2. The van der Waals surface area contributed by atoms with Crippen LogP contribution in [0.2, 0.25) is 0 Å². The number of alkyl halides is 1. The van der Waals surface area contributed by atoms with Gasteiger partial charge in [0.05, 0.1) is 0 Å². The van der Waals surface area contributed by atoms with Gasteiger partial charge in [-0.15, -0.1) is 0 Å². The van der Waals surface area contributed by atoms with Gasteiger partial charge >= 0.3 is 0 Å². The smallest absolute Gasteiger partial charge is 0.0120 e. The highest BCUT2D eigenvalue weighted by Crippen LogP contribution is 2.26. The summed E-state index contributed by atoms with van der Waals surface area (Å²) in [7, 11) is 0. The van der Waals surface area contributed by atoms with E-state index in [0.29, 0.717) is 10.2 Å². The normalized spacial score (nSPS) is 13.8. The summed E-state index contributed by atoms with van der Waals surface area (Å²) >= 11 is 3.59. The zero-order valence-electron chi connectivity index (χ0n) is 10.9. The van der Waals surface area contributed by atoms with E-state index in [9.17, 15) is 0 Å². The van der Waals surface area contributed by atoms with Crippen molar-refractivity contribution in [2.24, 2.45) is 0 Å². The molecule has 0 aliphatic rings. The Balaban J connectivity index is 2.68. The average Bonchev–Trinajstić information content (AvgIpc) is 2.27. The van der Waals surface area contributed by atoms with Gasteiger partial charge in [0.25, 0.3) is 0 Å². The Hall–Kier alpha value is -0.300. The van der Waals surface area contributed by atoms with Crippen LogP contribution in [0.1, 0.15) is 51.7 Å². The molecule has 0 aromatic heterocycles. The van der Waals surface area contributed by atoms with E-state index in [1.165, 1.54) is 30.4 Å². The van der Waals surface area contributed by atoms with Crippen molar-refractivity contribution >= 4 is 15.9 Å². The summed E-state index contributed by atoms with van der Waals surface area (Å²) in [5, 5.41) is 0. The van der Waals surface area contributed by atoms with Crippen LogP contribution in [0, 0.1) is 0 Å². The van der Waals surface area contributed by atoms with E-state index in [2.05, 4.69) is 67.9 Å². The topological polar surface area (TPSA) is 0 Å². The van der Waals surface area contributed by atoms with Gasteiger partial charge in [0.1, 0.15) is 0 Å². The highest BCUT2D eigenvalue weighted by Gasteiger charge is 2.17. The van der Waals surface area contributed by atoms with Crippen LogP contribution < -0.4 is 0 Å². The van der Waals surface area contributed by atoms with E-state index in [-0.39, 0.29) is 0 Å². The second kappa shape index (κ2) is 5.86. The van der Waals surface area contributed by atoms with Gasteiger partial charge in [-0.1, -0.05) is 67.9 Å². The molecule has 0 aliphatic carbocycles. The number of hydrogen-bond acceptors (Lipinski definition) is 0. The summed E-state index contributed by atoms with van der Waals surface area (Å²) in [4.78, 5) is 0.610. The van der Waals surface area contributed by atoms with Gasteiger partial charge in [0, 0.05) is 4.83 Å². The van der Waals surface area contributed by atoms with Gasteiger partial charge < -0.3 is 0 Å². The summed E-state index contributed by atoms with van der Waals surface area (Å²) in [5.41, 5.74) is 3.20. The average molecular weight is 283 g/mol. The molecule has 16 heavy (non-hydrogen) atoms. The number of rotatable bonds is 5. The molecule has 0 N–H and O–H groups in total. The van der Waals surface area contributed by atoms with Gasteiger partial charge in [0.15, 0.2) is 0 Å². The lowest BCUT2D eigenvalue weighted by Gasteiger charge is -2.23. The van der Waals surface area contributed by atoms with Crippen molar-refractivity contribution in [3.05, 3.63) is 35.4 Å². The van der Waals surface area contributed by atoms with Crippen LogP contribution in [0.4, 0.5) is 0 Å². The fraction of sp³-hybridized carbons (Fsp3) is 0.600. The van der Waals surface area contributed by atoms with Crippen LogP contribution >= 0.6 is 15.9 Å². The Kier molecular flexibility index (Phi) is 5.04. The minimum atomic E-state index is 0.307. The van der Waals surface area contributed by atoms with Crippen LogP contribution in [0.5, 0.6) is 0 Å². The lowest BCUT2D eigenvalue weighted by atomic mass is 9.82. The van der Waals surface area contributed by atoms with Crippen molar-refractivity contribution < 1.29 is 0 Å². The van der Waals surface area contributed by atoms with E-state index < -0.39 is 0 Å². The maximum Gasteiger partial charge on any atom is 0.0120 e. The standard InChI is InChI=1S/C15H23Br/c1-5-15(3,4)14-10-8-13(9-11-14)7-6-12(2)16/h8-12H,5-7H2,1-4H3. The zero-order valence-corrected chi connectivity index (χ0v) is 12.5. The van der Waals surface area contributed by atoms with Crippen molar-refractivity contribution in [3.8, 4) is 0 Å². The molecular weight excluding hydrogens is 260 g/mol. The van der Waals surface area contributed by atoms with Gasteiger partial charge in [-0.05, 0) is 35.8 Å². The maximum atomic E-state index is 3.59. The first-order valence-electron chi connectivity index (χ1n) is 6.19. The predicted octanol–water partition coefficient (Wildman–Crippen LogP) is 5.09. The van der Waals surface area contributed by atoms with Crippen LogP contribution in [0.3, 0.4) is 0 Å². The Bertz CT molecular complexity index is 309. The fourth-order valence-electron chi connectivity index (χ4n) is 1.69. The van der Waals surface area contributed by atoms with Crippen LogP contribution in [0.25, 0.3) is 0 Å². The second-order valence-corrected chi connectivity index (χ2v) is 6.82. The molecule has 1 rings (SSSR count). The molecule has 0 bridgehead atoms. The van der Waals surface area contributed by atoms with Crippen molar-refractivity contribution in [1.29, 1.82) is 0 Å². The molecule has 1 aromatic carbocycles. The summed E-state index contributed by atoms with van der Waals surface area (Å²) in [6.45, 7) is 9.07. The third-order valence-corrected chi connectivity index (χ3v) is 3.91. The van der Waals surface area contributed by atoms with Crippen molar-refractivity contribution in [3.63, 3.8) is 0 Å². The molecule has 0 amide bonds. The van der Waals surface area contributed by atoms with Crippen LogP contribution in [-0.2, 0) is 11.8 Å². The number of aryl methyl sites for hydroxylation is 1. The molecule has 1 atom stereocenters. The first-order valence-corrected chi connectivity index (χ1v) is 7.11. The Labute approximate surface area is 109 Å². The van der Waals surface area contributed by atoms with E-state index in [1.54, 1.807) is 0 Å². The van der Waals surface area contributed by atoms with Gasteiger partial charge in [-0.3, -0.25) is 0 Å². The lowest BCUT2D eigenvalue weighted by molar-refractivity contribution is 0.506. The summed E-state index contributed by atoms with van der Waals surface area (Å²) in [6.07, 6.45) is 3.56. The van der Waals surface area contributed by atoms with Crippen LogP contribution in [-0.4, -0.2) is 4.83 Å². The van der Waals surface area contributed by atoms with Gasteiger partial charge in [0.2, 0.25) is 0 Å². The largest absolute Gasteiger partial charge is 0.0894 e. The van der Waals surface area contributed by atoms with Gasteiger partial charge in [-0.2, -0.15) is 0 Å². The molecule has 0 nitrogen and oxygen atoms in total. The third-order valence-electron chi connectivity index (χ3n) is 3.45. The third kappa shape index (κ3) is 3.93. The monoisotopic (exact) mass is 282 g/mol. The number of halogens is 1. The molecular formula is C15H23Br. The van der Waals surface area contributed by atoms with E-state index in [1.807, 2.05) is 0 Å². The number of benzene rings is 1. The highest BCUT2D eigenvalue weighted by molar-refractivity contribution is 9.09.